The minimum atomic E-state index is -0.966. The lowest BCUT2D eigenvalue weighted by Gasteiger charge is -2.27. The van der Waals surface area contributed by atoms with Crippen LogP contribution in [0.4, 0.5) is 0 Å². The molecule has 140 valence electrons. The van der Waals surface area contributed by atoms with Gasteiger partial charge in [-0.3, -0.25) is 0 Å². The van der Waals surface area contributed by atoms with Crippen LogP contribution >= 0.6 is 0 Å². The Morgan fingerprint density at radius 2 is 1.77 bits per heavy atom. The summed E-state index contributed by atoms with van der Waals surface area (Å²) in [5.41, 5.74) is 1.61. The first-order chi connectivity index (χ1) is 12.6. The molecule has 2 aromatic carbocycles. The molecular weight excluding hydrogens is 332 g/mol. The van der Waals surface area contributed by atoms with Gasteiger partial charge in [0.2, 0.25) is 0 Å². The Morgan fingerprint density at radius 3 is 2.35 bits per heavy atom. The van der Waals surface area contributed by atoms with Crippen LogP contribution in [0.3, 0.4) is 0 Å². The normalized spacial score (nSPS) is 14.3. The summed E-state index contributed by atoms with van der Waals surface area (Å²) in [4.78, 5) is 0. The third kappa shape index (κ3) is 4.85. The predicted molar refractivity (Wildman–Crippen MR) is 100 cm³/mol. The van der Waals surface area contributed by atoms with Crippen LogP contribution in [0.2, 0.25) is 0 Å². The van der Waals surface area contributed by atoms with Gasteiger partial charge in [0.15, 0.2) is 11.5 Å². The van der Waals surface area contributed by atoms with Gasteiger partial charge in [0, 0.05) is 25.0 Å². The Kier molecular flexibility index (Phi) is 7.66. The smallest absolute Gasteiger partial charge is 0.161 e. The molecule has 0 saturated carbocycles. The van der Waals surface area contributed by atoms with Crippen molar-refractivity contribution in [1.82, 2.24) is 0 Å². The monoisotopic (exact) mass is 358 g/mol. The first kappa shape index (κ1) is 20.0. The van der Waals surface area contributed by atoms with E-state index in [0.717, 1.165) is 5.56 Å². The van der Waals surface area contributed by atoms with Gasteiger partial charge in [-0.1, -0.05) is 42.5 Å². The molecule has 0 heterocycles. The van der Waals surface area contributed by atoms with Crippen molar-refractivity contribution in [2.75, 3.05) is 20.3 Å². The van der Waals surface area contributed by atoms with Gasteiger partial charge < -0.3 is 24.8 Å². The van der Waals surface area contributed by atoms with Crippen LogP contribution in [0.5, 0.6) is 11.5 Å². The highest BCUT2D eigenvalue weighted by Gasteiger charge is 2.27. The maximum Gasteiger partial charge on any atom is 0.161 e. The number of hydrogen-bond donors (Lipinski definition) is 3. The van der Waals surface area contributed by atoms with Gasteiger partial charge in [-0.05, 0) is 23.3 Å². The van der Waals surface area contributed by atoms with Crippen LogP contribution in [0, 0.1) is 11.8 Å². The Morgan fingerprint density at radius 1 is 1.04 bits per heavy atom. The van der Waals surface area contributed by atoms with Gasteiger partial charge in [-0.2, -0.15) is 0 Å². The van der Waals surface area contributed by atoms with E-state index >= 15 is 0 Å². The topological polar surface area (TPSA) is 79.2 Å². The molecule has 3 N–H and O–H groups in total. The molecular formula is C21H26O5. The second-order valence-corrected chi connectivity index (χ2v) is 6.06. The van der Waals surface area contributed by atoms with Gasteiger partial charge in [-0.25, -0.2) is 0 Å². The zero-order valence-electron chi connectivity index (χ0n) is 14.9. The van der Waals surface area contributed by atoms with Crippen molar-refractivity contribution in [3.05, 3.63) is 72.3 Å². The number of rotatable bonds is 10. The van der Waals surface area contributed by atoms with Crippen LogP contribution in [-0.4, -0.2) is 35.6 Å². The van der Waals surface area contributed by atoms with Crippen molar-refractivity contribution >= 4 is 0 Å². The molecule has 2 rings (SSSR count). The average molecular weight is 358 g/mol. The fourth-order valence-corrected chi connectivity index (χ4v) is 2.82. The van der Waals surface area contributed by atoms with E-state index in [4.69, 9.17) is 9.47 Å². The van der Waals surface area contributed by atoms with Crippen LogP contribution in [0.15, 0.2) is 61.2 Å². The van der Waals surface area contributed by atoms with Crippen molar-refractivity contribution < 1.29 is 24.8 Å². The minimum Gasteiger partial charge on any atom is -0.493 e. The zero-order chi connectivity index (χ0) is 18.9. The summed E-state index contributed by atoms with van der Waals surface area (Å²) >= 11 is 0. The number of methoxy groups -OCH3 is 1. The van der Waals surface area contributed by atoms with E-state index in [-0.39, 0.29) is 13.2 Å². The Balaban J connectivity index is 2.17. The van der Waals surface area contributed by atoms with Gasteiger partial charge in [0.25, 0.3) is 0 Å². The SMILES string of the molecule is C=C[C@@H](CO)[C@H](CO)[C@@H](O)c1ccc(OCc2ccccc2)c(OC)c1. The van der Waals surface area contributed by atoms with Crippen LogP contribution in [0.1, 0.15) is 17.2 Å². The molecule has 3 atom stereocenters. The summed E-state index contributed by atoms with van der Waals surface area (Å²) in [7, 11) is 1.53. The van der Waals surface area contributed by atoms with Crippen molar-refractivity contribution in [2.45, 2.75) is 12.7 Å². The number of benzene rings is 2. The summed E-state index contributed by atoms with van der Waals surface area (Å²) in [6.07, 6.45) is 0.575. The van der Waals surface area contributed by atoms with Crippen molar-refractivity contribution in [3.63, 3.8) is 0 Å². The summed E-state index contributed by atoms with van der Waals surface area (Å²) in [5, 5.41) is 29.6. The number of aliphatic hydroxyl groups excluding tert-OH is 3. The molecule has 0 bridgehead atoms. The van der Waals surface area contributed by atoms with E-state index < -0.39 is 17.9 Å². The van der Waals surface area contributed by atoms with Gasteiger partial charge in [0.05, 0.1) is 13.2 Å². The molecule has 0 amide bonds. The molecule has 5 heteroatoms. The number of hydrogen-bond acceptors (Lipinski definition) is 5. The molecule has 5 nitrogen and oxygen atoms in total. The maximum absolute atomic E-state index is 10.6. The van der Waals surface area contributed by atoms with E-state index in [1.54, 1.807) is 24.3 Å². The zero-order valence-corrected chi connectivity index (χ0v) is 14.9. The van der Waals surface area contributed by atoms with Crippen LogP contribution in [0.25, 0.3) is 0 Å². The molecule has 0 unspecified atom stereocenters. The lowest BCUT2D eigenvalue weighted by molar-refractivity contribution is 0.0273. The number of ether oxygens (including phenoxy) is 2. The predicted octanol–water partition coefficient (Wildman–Crippen LogP) is 2.71. The molecule has 0 spiro atoms. The van der Waals surface area contributed by atoms with Gasteiger partial charge >= 0.3 is 0 Å². The molecule has 0 saturated heterocycles. The molecule has 0 radical (unpaired) electrons. The lowest BCUT2D eigenvalue weighted by Crippen LogP contribution is -2.26. The maximum atomic E-state index is 10.6. The second-order valence-electron chi connectivity index (χ2n) is 6.06. The average Bonchev–Trinajstić information content (AvgIpc) is 2.70. The molecule has 0 aliphatic heterocycles. The second kappa shape index (κ2) is 9.97. The standard InChI is InChI=1S/C21H26O5/c1-3-16(12-22)18(13-23)21(24)17-9-10-19(20(11-17)25-2)26-14-15-7-5-4-6-8-15/h3-11,16,18,21-24H,1,12-14H2,2H3/t16-,18-,21-/m0/s1. The van der Waals surface area contributed by atoms with Gasteiger partial charge in [0.1, 0.15) is 6.61 Å². The highest BCUT2D eigenvalue weighted by Crippen LogP contribution is 2.35. The largest absolute Gasteiger partial charge is 0.493 e. The Labute approximate surface area is 154 Å². The molecule has 0 aliphatic rings. The third-order valence-electron chi connectivity index (χ3n) is 4.45. The fourth-order valence-electron chi connectivity index (χ4n) is 2.82. The molecule has 0 aliphatic carbocycles. The van der Waals surface area contributed by atoms with Crippen molar-refractivity contribution in [3.8, 4) is 11.5 Å². The van der Waals surface area contributed by atoms with Crippen LogP contribution < -0.4 is 9.47 Å². The molecule has 2 aromatic rings. The first-order valence-corrected chi connectivity index (χ1v) is 8.51. The minimum absolute atomic E-state index is 0.193. The Bertz CT molecular complexity index is 686. The van der Waals surface area contributed by atoms with E-state index in [2.05, 4.69) is 6.58 Å². The lowest BCUT2D eigenvalue weighted by atomic mass is 9.85. The Hall–Kier alpha value is -2.34. The van der Waals surface area contributed by atoms with Crippen molar-refractivity contribution in [1.29, 1.82) is 0 Å². The molecule has 0 fully saturated rings. The fraction of sp³-hybridized carbons (Fsp3) is 0.333. The van der Waals surface area contributed by atoms with E-state index in [9.17, 15) is 15.3 Å². The van der Waals surface area contributed by atoms with E-state index in [0.29, 0.717) is 23.7 Å². The quantitative estimate of drug-likeness (QED) is 0.569. The summed E-state index contributed by atoms with van der Waals surface area (Å²) < 4.78 is 11.2. The molecule has 0 aromatic heterocycles. The van der Waals surface area contributed by atoms with Crippen LogP contribution in [-0.2, 0) is 6.61 Å². The van der Waals surface area contributed by atoms with Gasteiger partial charge in [-0.15, -0.1) is 6.58 Å². The van der Waals surface area contributed by atoms with E-state index in [1.807, 2.05) is 30.3 Å². The molecule has 26 heavy (non-hydrogen) atoms. The highest BCUT2D eigenvalue weighted by molar-refractivity contribution is 5.44. The van der Waals surface area contributed by atoms with E-state index in [1.165, 1.54) is 7.11 Å². The summed E-state index contributed by atoms with van der Waals surface area (Å²) in [6, 6.07) is 14.9. The summed E-state index contributed by atoms with van der Waals surface area (Å²) in [6.45, 7) is 3.59. The third-order valence-corrected chi connectivity index (χ3v) is 4.45. The first-order valence-electron chi connectivity index (χ1n) is 8.51. The van der Waals surface area contributed by atoms with Crippen molar-refractivity contribution in [2.24, 2.45) is 11.8 Å². The number of aliphatic hydroxyl groups is 3. The highest BCUT2D eigenvalue weighted by atomic mass is 16.5. The summed E-state index contributed by atoms with van der Waals surface area (Å²) in [5.74, 6) is 0.0944.